The van der Waals surface area contributed by atoms with Gasteiger partial charge in [-0.25, -0.2) is 4.79 Å². The van der Waals surface area contributed by atoms with E-state index in [0.717, 1.165) is 22.3 Å². The fraction of sp³-hybridized carbons (Fsp3) is 0.280. The number of nitrogens with zero attached hydrogens (tertiary/aromatic N) is 2. The number of aliphatic carboxylic acids is 1. The molecule has 1 aromatic heterocycles. The minimum absolute atomic E-state index is 0.0508. The topological polar surface area (TPSA) is 123 Å². The van der Waals surface area contributed by atoms with Crippen molar-refractivity contribution in [1.82, 2.24) is 15.1 Å². The zero-order valence-corrected chi connectivity index (χ0v) is 19.2. The molecule has 34 heavy (non-hydrogen) atoms. The van der Waals surface area contributed by atoms with Crippen LogP contribution in [0.5, 0.6) is 0 Å². The second kappa shape index (κ2) is 9.01. The minimum atomic E-state index is -1.02. The van der Waals surface area contributed by atoms with Crippen LogP contribution in [-0.4, -0.2) is 45.0 Å². The summed E-state index contributed by atoms with van der Waals surface area (Å²) in [6, 6.07) is 17.5. The number of aromatic nitrogens is 2. The maximum absolute atomic E-state index is 12.5. The first-order valence-corrected chi connectivity index (χ1v) is 10.8. The molecule has 0 bridgehead atoms. The van der Waals surface area contributed by atoms with E-state index in [1.807, 2.05) is 36.4 Å². The molecule has 0 radical (unpaired) electrons. The van der Waals surface area contributed by atoms with Gasteiger partial charge in [0.05, 0.1) is 6.42 Å². The van der Waals surface area contributed by atoms with Crippen LogP contribution in [-0.2, 0) is 16.6 Å². The van der Waals surface area contributed by atoms with Crippen molar-refractivity contribution >= 4 is 23.8 Å². The number of carboxylic acids is 1. The first kappa shape index (κ1) is 23.0. The van der Waals surface area contributed by atoms with Crippen LogP contribution in [0.2, 0.25) is 0 Å². The molecule has 9 heteroatoms. The number of hydrogen-bond donors (Lipinski definition) is 3. The average Bonchev–Trinajstić information content (AvgIpc) is 3.29. The lowest BCUT2D eigenvalue weighted by atomic mass is 9.98. The van der Waals surface area contributed by atoms with Gasteiger partial charge in [-0.2, -0.15) is 5.10 Å². The van der Waals surface area contributed by atoms with Gasteiger partial charge in [-0.3, -0.25) is 19.6 Å². The first-order valence-electron chi connectivity index (χ1n) is 10.8. The van der Waals surface area contributed by atoms with Gasteiger partial charge in [-0.05, 0) is 36.1 Å². The second-order valence-electron chi connectivity index (χ2n) is 8.90. The number of nitrogens with one attached hydrogen (secondary N) is 2. The molecule has 3 N–H and O–H groups in total. The molecular formula is C25H26N4O5. The zero-order chi connectivity index (χ0) is 24.5. The molecule has 9 nitrogen and oxygen atoms in total. The molecule has 0 atom stereocenters. The number of amides is 2. The van der Waals surface area contributed by atoms with E-state index in [0.29, 0.717) is 0 Å². The Labute approximate surface area is 196 Å². The Morgan fingerprint density at radius 1 is 1.06 bits per heavy atom. The number of rotatable bonds is 7. The summed E-state index contributed by atoms with van der Waals surface area (Å²) in [5, 5.41) is 18.4. The monoisotopic (exact) mass is 462 g/mol. The Morgan fingerprint density at radius 3 is 2.24 bits per heavy atom. The third-order valence-corrected chi connectivity index (χ3v) is 5.73. The highest BCUT2D eigenvalue weighted by atomic mass is 16.5. The lowest BCUT2D eigenvalue weighted by Gasteiger charge is -2.23. The number of ether oxygens (including phenoxy) is 1. The van der Waals surface area contributed by atoms with Crippen LogP contribution in [0.1, 0.15) is 47.8 Å². The molecule has 1 heterocycles. The average molecular weight is 463 g/mol. The van der Waals surface area contributed by atoms with Crippen LogP contribution < -0.4 is 10.6 Å². The van der Waals surface area contributed by atoms with E-state index in [1.54, 1.807) is 20.9 Å². The van der Waals surface area contributed by atoms with E-state index in [2.05, 4.69) is 27.9 Å². The van der Waals surface area contributed by atoms with E-state index >= 15 is 0 Å². The predicted octanol–water partition coefficient (Wildman–Crippen LogP) is 3.76. The Balaban J connectivity index is 1.40. The molecule has 2 aromatic carbocycles. The third kappa shape index (κ3) is 4.78. The Hall–Kier alpha value is -4.14. The molecule has 4 rings (SSSR count). The molecule has 1 aliphatic carbocycles. The lowest BCUT2D eigenvalue weighted by Crippen LogP contribution is -2.45. The first-order chi connectivity index (χ1) is 16.1. The van der Waals surface area contributed by atoms with E-state index in [1.165, 1.54) is 10.7 Å². The molecule has 2 amide bonds. The van der Waals surface area contributed by atoms with Crippen molar-refractivity contribution in [1.29, 1.82) is 0 Å². The molecule has 1 aliphatic rings. The second-order valence-corrected chi connectivity index (χ2v) is 8.90. The van der Waals surface area contributed by atoms with Crippen molar-refractivity contribution < 1.29 is 24.2 Å². The number of anilines is 1. The van der Waals surface area contributed by atoms with Gasteiger partial charge in [0, 0.05) is 24.6 Å². The SMILES string of the molecule is Cn1nc(C(=O)NC(C)(C)CC(=O)O)cc1NC(=O)OCC1c2ccccc2-c2ccccc21. The number of benzene rings is 2. The summed E-state index contributed by atoms with van der Waals surface area (Å²) in [5.74, 6) is -1.35. The molecule has 0 saturated heterocycles. The highest BCUT2D eigenvalue weighted by molar-refractivity contribution is 5.95. The lowest BCUT2D eigenvalue weighted by molar-refractivity contribution is -0.138. The van der Waals surface area contributed by atoms with Gasteiger partial charge in [-0.1, -0.05) is 48.5 Å². The fourth-order valence-corrected chi connectivity index (χ4v) is 4.23. The van der Waals surface area contributed by atoms with Crippen LogP contribution in [0.4, 0.5) is 10.6 Å². The van der Waals surface area contributed by atoms with Crippen molar-refractivity contribution in [3.05, 3.63) is 71.4 Å². The van der Waals surface area contributed by atoms with Crippen LogP contribution in [0.3, 0.4) is 0 Å². The summed E-state index contributed by atoms with van der Waals surface area (Å²) in [5.41, 5.74) is 3.59. The zero-order valence-electron chi connectivity index (χ0n) is 19.2. The number of carboxylic acid groups (broad SMARTS) is 1. The highest BCUT2D eigenvalue weighted by Crippen LogP contribution is 2.44. The summed E-state index contributed by atoms with van der Waals surface area (Å²) in [6.45, 7) is 3.38. The summed E-state index contributed by atoms with van der Waals surface area (Å²) >= 11 is 0. The number of hydrogen-bond acceptors (Lipinski definition) is 5. The van der Waals surface area contributed by atoms with Crippen LogP contribution >= 0.6 is 0 Å². The van der Waals surface area contributed by atoms with Crippen LogP contribution in [0.15, 0.2) is 54.6 Å². The van der Waals surface area contributed by atoms with Crippen molar-refractivity contribution in [3.8, 4) is 11.1 Å². The van der Waals surface area contributed by atoms with Crippen molar-refractivity contribution in [2.75, 3.05) is 11.9 Å². The van der Waals surface area contributed by atoms with Gasteiger partial charge in [0.25, 0.3) is 5.91 Å². The van der Waals surface area contributed by atoms with E-state index in [9.17, 15) is 14.4 Å². The molecule has 0 spiro atoms. The van der Waals surface area contributed by atoms with Gasteiger partial charge < -0.3 is 15.2 Å². The quantitative estimate of drug-likeness (QED) is 0.491. The minimum Gasteiger partial charge on any atom is -0.481 e. The predicted molar refractivity (Wildman–Crippen MR) is 126 cm³/mol. The van der Waals surface area contributed by atoms with Gasteiger partial charge in [0.2, 0.25) is 0 Å². The number of carbonyl (C=O) groups excluding carboxylic acids is 2. The summed E-state index contributed by atoms with van der Waals surface area (Å²) < 4.78 is 6.88. The standard InChI is InChI=1S/C25H26N4O5/c1-25(2,13-22(30)31)27-23(32)20-12-21(29(3)28-20)26-24(33)34-14-19-17-10-6-4-8-15(17)16-9-5-7-11-18(16)19/h4-12,19H,13-14H2,1-3H3,(H,26,33)(H,27,32)(H,30,31). The Bertz CT molecular complexity index is 1220. The maximum Gasteiger partial charge on any atom is 0.412 e. The molecule has 176 valence electrons. The summed E-state index contributed by atoms with van der Waals surface area (Å²) in [6.07, 6.45) is -0.904. The fourth-order valence-electron chi connectivity index (χ4n) is 4.23. The summed E-state index contributed by atoms with van der Waals surface area (Å²) in [7, 11) is 1.58. The van der Waals surface area contributed by atoms with Crippen molar-refractivity contribution in [3.63, 3.8) is 0 Å². The van der Waals surface area contributed by atoms with Gasteiger partial charge >= 0.3 is 12.1 Å². The van der Waals surface area contributed by atoms with E-state index in [-0.39, 0.29) is 30.5 Å². The number of aryl methyl sites for hydroxylation is 1. The molecule has 0 unspecified atom stereocenters. The maximum atomic E-state index is 12.5. The number of carbonyl (C=O) groups is 3. The van der Waals surface area contributed by atoms with E-state index in [4.69, 9.17) is 9.84 Å². The van der Waals surface area contributed by atoms with Gasteiger partial charge in [0.1, 0.15) is 12.4 Å². The van der Waals surface area contributed by atoms with Crippen LogP contribution in [0.25, 0.3) is 11.1 Å². The molecule has 0 fully saturated rings. The van der Waals surface area contributed by atoms with Gasteiger partial charge in [0.15, 0.2) is 5.69 Å². The van der Waals surface area contributed by atoms with Crippen molar-refractivity contribution in [2.24, 2.45) is 7.05 Å². The Morgan fingerprint density at radius 2 is 1.65 bits per heavy atom. The van der Waals surface area contributed by atoms with Gasteiger partial charge in [-0.15, -0.1) is 0 Å². The van der Waals surface area contributed by atoms with Crippen LogP contribution in [0, 0.1) is 0 Å². The normalized spacial score (nSPS) is 12.6. The highest BCUT2D eigenvalue weighted by Gasteiger charge is 2.29. The molecule has 0 saturated carbocycles. The largest absolute Gasteiger partial charge is 0.481 e. The third-order valence-electron chi connectivity index (χ3n) is 5.73. The van der Waals surface area contributed by atoms with Crippen molar-refractivity contribution in [2.45, 2.75) is 31.7 Å². The van der Waals surface area contributed by atoms with E-state index < -0.39 is 23.5 Å². The molecular weight excluding hydrogens is 436 g/mol. The number of fused-ring (bicyclic) bond motifs is 3. The Kier molecular flexibility index (Phi) is 6.10. The molecule has 0 aliphatic heterocycles. The summed E-state index contributed by atoms with van der Waals surface area (Å²) in [4.78, 5) is 36.0. The smallest absolute Gasteiger partial charge is 0.412 e. The molecule has 3 aromatic rings.